The second kappa shape index (κ2) is 9.02. The predicted octanol–water partition coefficient (Wildman–Crippen LogP) is 3.42. The molecule has 7 heteroatoms. The summed E-state index contributed by atoms with van der Waals surface area (Å²) in [5.41, 5.74) is 0.889. The number of benzene rings is 1. The molecule has 1 aromatic heterocycles. The van der Waals surface area contributed by atoms with Gasteiger partial charge in [-0.2, -0.15) is 0 Å². The largest absolute Gasteiger partial charge is 0.445 e. The minimum atomic E-state index is -0.679. The van der Waals surface area contributed by atoms with Crippen molar-refractivity contribution in [3.05, 3.63) is 47.5 Å². The van der Waals surface area contributed by atoms with Gasteiger partial charge in [0, 0.05) is 11.6 Å². The Morgan fingerprint density at radius 2 is 2.04 bits per heavy atom. The fourth-order valence-electron chi connectivity index (χ4n) is 2.06. The molecule has 2 N–H and O–H groups in total. The molecular formula is C17H21N3O3S. The maximum absolute atomic E-state index is 12.4. The molecule has 128 valence electrons. The highest BCUT2D eigenvalue weighted by Crippen LogP contribution is 2.14. The molecule has 6 nitrogen and oxygen atoms in total. The van der Waals surface area contributed by atoms with Gasteiger partial charge in [-0.25, -0.2) is 9.78 Å². The number of nitrogens with zero attached hydrogens (tertiary/aromatic N) is 1. The summed E-state index contributed by atoms with van der Waals surface area (Å²) in [6.45, 7) is 4.03. The van der Waals surface area contributed by atoms with Crippen molar-refractivity contribution in [2.75, 3.05) is 5.32 Å². The van der Waals surface area contributed by atoms with Crippen molar-refractivity contribution in [3.8, 4) is 0 Å². The lowest BCUT2D eigenvalue weighted by atomic mass is 9.98. The summed E-state index contributed by atoms with van der Waals surface area (Å²) in [6.07, 6.45) is 1.74. The molecule has 24 heavy (non-hydrogen) atoms. The fraction of sp³-hybridized carbons (Fsp3) is 0.353. The fourth-order valence-corrected chi connectivity index (χ4v) is 2.59. The lowest BCUT2D eigenvalue weighted by Gasteiger charge is -2.22. The molecule has 1 heterocycles. The number of thiazole rings is 1. The maximum Gasteiger partial charge on any atom is 0.408 e. The molecule has 0 radical (unpaired) electrons. The van der Waals surface area contributed by atoms with Crippen molar-refractivity contribution in [2.45, 2.75) is 32.9 Å². The van der Waals surface area contributed by atoms with Crippen LogP contribution in [0.15, 0.2) is 41.9 Å². The van der Waals surface area contributed by atoms with E-state index in [2.05, 4.69) is 15.6 Å². The Labute approximate surface area is 145 Å². The Bertz CT molecular complexity index is 646. The summed E-state index contributed by atoms with van der Waals surface area (Å²) >= 11 is 1.33. The maximum atomic E-state index is 12.4. The Hall–Kier alpha value is -2.41. The number of anilines is 1. The zero-order valence-electron chi connectivity index (χ0n) is 13.7. The van der Waals surface area contributed by atoms with Crippen LogP contribution < -0.4 is 10.6 Å². The highest BCUT2D eigenvalue weighted by atomic mass is 32.1. The van der Waals surface area contributed by atoms with E-state index in [1.54, 1.807) is 11.6 Å². The average molecular weight is 347 g/mol. The van der Waals surface area contributed by atoms with Crippen LogP contribution in [0.5, 0.6) is 0 Å². The van der Waals surface area contributed by atoms with Crippen LogP contribution in [0.3, 0.4) is 0 Å². The van der Waals surface area contributed by atoms with Crippen LogP contribution >= 0.6 is 11.3 Å². The molecule has 0 saturated carbocycles. The summed E-state index contributed by atoms with van der Waals surface area (Å²) in [6, 6.07) is 8.71. The first-order valence-corrected chi connectivity index (χ1v) is 8.65. The molecule has 0 aliphatic heterocycles. The van der Waals surface area contributed by atoms with Gasteiger partial charge in [-0.1, -0.05) is 50.6 Å². The van der Waals surface area contributed by atoms with Crippen molar-refractivity contribution in [3.63, 3.8) is 0 Å². The number of nitrogens with one attached hydrogen (secondary N) is 2. The zero-order valence-corrected chi connectivity index (χ0v) is 14.5. The molecule has 2 aromatic rings. The van der Waals surface area contributed by atoms with Gasteiger partial charge >= 0.3 is 6.09 Å². The first kappa shape index (κ1) is 17.9. The second-order valence-electron chi connectivity index (χ2n) is 5.40. The highest BCUT2D eigenvalue weighted by Gasteiger charge is 2.27. The SMILES string of the molecule is CC[C@H](C)[C@H](NC(=O)OCc1ccccc1)C(=O)Nc1nccs1. The molecule has 0 unspecified atom stereocenters. The van der Waals surface area contributed by atoms with Gasteiger partial charge in [0.05, 0.1) is 0 Å². The van der Waals surface area contributed by atoms with Gasteiger partial charge in [0.2, 0.25) is 5.91 Å². The number of rotatable bonds is 7. The monoisotopic (exact) mass is 347 g/mol. The molecule has 2 amide bonds. The number of carbonyl (C=O) groups excluding carboxylic acids is 2. The minimum absolute atomic E-state index is 0.0331. The molecule has 2 rings (SSSR count). The zero-order chi connectivity index (χ0) is 17.4. The van der Waals surface area contributed by atoms with Crippen LogP contribution in [0.25, 0.3) is 0 Å². The molecule has 0 bridgehead atoms. The van der Waals surface area contributed by atoms with Crippen LogP contribution in [0.1, 0.15) is 25.8 Å². The summed E-state index contributed by atoms with van der Waals surface area (Å²) in [4.78, 5) is 28.5. The van der Waals surface area contributed by atoms with Crippen LogP contribution in [-0.4, -0.2) is 23.0 Å². The van der Waals surface area contributed by atoms with Gasteiger partial charge in [-0.3, -0.25) is 4.79 Å². The number of aromatic nitrogens is 1. The van der Waals surface area contributed by atoms with Crippen LogP contribution in [-0.2, 0) is 16.1 Å². The first-order valence-electron chi connectivity index (χ1n) is 7.77. The van der Waals surface area contributed by atoms with Crippen molar-refractivity contribution >= 4 is 28.5 Å². The van der Waals surface area contributed by atoms with Crippen LogP contribution in [0, 0.1) is 5.92 Å². The number of amides is 2. The van der Waals surface area contributed by atoms with Crippen LogP contribution in [0.2, 0.25) is 0 Å². The van der Waals surface area contributed by atoms with Crippen LogP contribution in [0.4, 0.5) is 9.93 Å². The molecule has 1 aromatic carbocycles. The Kier molecular flexibility index (Phi) is 6.74. The van der Waals surface area contributed by atoms with Gasteiger partial charge in [-0.05, 0) is 11.5 Å². The third-order valence-corrected chi connectivity index (χ3v) is 4.33. The van der Waals surface area contributed by atoms with E-state index in [0.29, 0.717) is 5.13 Å². The number of ether oxygens (including phenoxy) is 1. The van der Waals surface area contributed by atoms with E-state index in [9.17, 15) is 9.59 Å². The van der Waals surface area contributed by atoms with Crippen molar-refractivity contribution in [1.29, 1.82) is 0 Å². The highest BCUT2D eigenvalue weighted by molar-refractivity contribution is 7.13. The lowest BCUT2D eigenvalue weighted by molar-refractivity contribution is -0.119. The Balaban J connectivity index is 1.92. The van der Waals surface area contributed by atoms with Gasteiger partial charge < -0.3 is 15.4 Å². The minimum Gasteiger partial charge on any atom is -0.445 e. The second-order valence-corrected chi connectivity index (χ2v) is 6.29. The third kappa shape index (κ3) is 5.34. The third-order valence-electron chi connectivity index (χ3n) is 3.64. The number of hydrogen-bond donors (Lipinski definition) is 2. The van der Waals surface area contributed by atoms with E-state index < -0.39 is 12.1 Å². The summed E-state index contributed by atoms with van der Waals surface area (Å²) in [5, 5.41) is 7.65. The molecule has 0 aliphatic carbocycles. The molecule has 0 fully saturated rings. The Morgan fingerprint density at radius 3 is 2.67 bits per heavy atom. The van der Waals surface area contributed by atoms with Gasteiger partial charge in [0.25, 0.3) is 0 Å². The summed E-state index contributed by atoms with van der Waals surface area (Å²) < 4.78 is 5.20. The van der Waals surface area contributed by atoms with Gasteiger partial charge in [-0.15, -0.1) is 11.3 Å². The molecular weight excluding hydrogens is 326 g/mol. The van der Waals surface area contributed by atoms with E-state index in [1.807, 2.05) is 44.2 Å². The average Bonchev–Trinajstić information content (AvgIpc) is 3.11. The normalized spacial score (nSPS) is 12.9. The summed E-state index contributed by atoms with van der Waals surface area (Å²) in [5.74, 6) is -0.329. The van der Waals surface area contributed by atoms with E-state index in [4.69, 9.17) is 4.74 Å². The van der Waals surface area contributed by atoms with Crippen molar-refractivity contribution in [2.24, 2.45) is 5.92 Å². The molecule has 2 atom stereocenters. The van der Waals surface area contributed by atoms with E-state index in [0.717, 1.165) is 12.0 Å². The first-order chi connectivity index (χ1) is 11.6. The predicted molar refractivity (Wildman–Crippen MR) is 93.7 cm³/mol. The Morgan fingerprint density at radius 1 is 1.29 bits per heavy atom. The quantitative estimate of drug-likeness (QED) is 0.804. The van der Waals surface area contributed by atoms with E-state index in [1.165, 1.54) is 11.3 Å². The van der Waals surface area contributed by atoms with Gasteiger partial charge in [0.15, 0.2) is 5.13 Å². The number of alkyl carbamates (subject to hydrolysis) is 1. The molecule has 0 saturated heterocycles. The number of carbonyl (C=O) groups is 2. The van der Waals surface area contributed by atoms with Crippen molar-refractivity contribution < 1.29 is 14.3 Å². The summed E-state index contributed by atoms with van der Waals surface area (Å²) in [7, 11) is 0. The topological polar surface area (TPSA) is 80.3 Å². The molecule has 0 aliphatic rings. The van der Waals surface area contributed by atoms with Crippen molar-refractivity contribution in [1.82, 2.24) is 10.3 Å². The standard InChI is InChI=1S/C17H21N3O3S/c1-3-12(2)14(15(21)20-16-18-9-10-24-16)19-17(22)23-11-13-7-5-4-6-8-13/h4-10,12,14H,3,11H2,1-2H3,(H,19,22)(H,18,20,21)/t12-,14-/m0/s1. The van der Waals surface area contributed by atoms with Gasteiger partial charge in [0.1, 0.15) is 12.6 Å². The lowest BCUT2D eigenvalue weighted by Crippen LogP contribution is -2.47. The van der Waals surface area contributed by atoms with E-state index in [-0.39, 0.29) is 18.4 Å². The number of hydrogen-bond acceptors (Lipinski definition) is 5. The smallest absolute Gasteiger partial charge is 0.408 e. The molecule has 0 spiro atoms. The van der Waals surface area contributed by atoms with E-state index >= 15 is 0 Å².